The van der Waals surface area contributed by atoms with Crippen molar-refractivity contribution in [3.8, 4) is 0 Å². The first kappa shape index (κ1) is 10.6. The van der Waals surface area contributed by atoms with E-state index in [4.69, 9.17) is 10.1 Å². The maximum Gasteiger partial charge on any atom is 0.227 e. The maximum absolute atomic E-state index is 9.06. The van der Waals surface area contributed by atoms with Crippen LogP contribution in [0.3, 0.4) is 0 Å². The standard InChI is InChI=1S/C4H6.C2H3NO2/c1-3-4-2;1-2-3(4)5/h3-4H,1-2H2;2H,1H2. The smallest absolute Gasteiger partial charge is 0.227 e. The zero-order valence-electron chi connectivity index (χ0n) is 5.12. The van der Waals surface area contributed by atoms with E-state index in [-0.39, 0.29) is 0 Å². The lowest BCUT2D eigenvalue weighted by molar-refractivity contribution is -0.401. The van der Waals surface area contributed by atoms with Crippen LogP contribution in [0.25, 0.3) is 0 Å². The Morgan fingerprint density at radius 2 is 1.44 bits per heavy atom. The molecule has 0 bridgehead atoms. The molecule has 3 heteroatoms. The summed E-state index contributed by atoms with van der Waals surface area (Å²) >= 11 is 0. The van der Waals surface area contributed by atoms with Gasteiger partial charge in [0.05, 0.1) is 4.92 Å². The number of rotatable bonds is 2. The molecule has 0 aromatic heterocycles. The van der Waals surface area contributed by atoms with Crippen LogP contribution in [0.1, 0.15) is 0 Å². The monoisotopic (exact) mass is 127 g/mol. The minimum Gasteiger partial charge on any atom is -0.259 e. The van der Waals surface area contributed by atoms with Crippen LogP contribution in [0, 0.1) is 10.1 Å². The normalized spacial score (nSPS) is 5.78. The molecule has 0 aromatic rings. The Kier molecular flexibility index (Phi) is 11.5. The molecule has 0 aromatic carbocycles. The third kappa shape index (κ3) is 53.8. The highest BCUT2D eigenvalue weighted by Crippen LogP contribution is 1.58. The van der Waals surface area contributed by atoms with Gasteiger partial charge in [-0.2, -0.15) is 0 Å². The number of allylic oxidation sites excluding steroid dienone is 2. The Hall–Kier alpha value is -1.38. The van der Waals surface area contributed by atoms with Gasteiger partial charge in [-0.25, -0.2) is 0 Å². The molecule has 9 heavy (non-hydrogen) atoms. The molecule has 0 saturated carbocycles. The molecule has 50 valence electrons. The molecular formula is C6H9NO2. The maximum atomic E-state index is 9.06. The minimum absolute atomic E-state index is 0.611. The van der Waals surface area contributed by atoms with E-state index < -0.39 is 4.92 Å². The Morgan fingerprint density at radius 3 is 1.44 bits per heavy atom. The van der Waals surface area contributed by atoms with E-state index in [1.807, 2.05) is 0 Å². The summed E-state index contributed by atoms with van der Waals surface area (Å²) in [6, 6.07) is 0. The molecule has 0 saturated heterocycles. The van der Waals surface area contributed by atoms with Crippen LogP contribution in [0.5, 0.6) is 0 Å². The molecule has 0 amide bonds. The molecule has 0 radical (unpaired) electrons. The predicted molar refractivity (Wildman–Crippen MR) is 37.6 cm³/mol. The highest BCUT2D eigenvalue weighted by atomic mass is 16.6. The van der Waals surface area contributed by atoms with Gasteiger partial charge >= 0.3 is 0 Å². The van der Waals surface area contributed by atoms with Crippen molar-refractivity contribution in [3.63, 3.8) is 0 Å². The molecule has 0 heterocycles. The van der Waals surface area contributed by atoms with E-state index in [2.05, 4.69) is 19.7 Å². The second-order valence-corrected chi connectivity index (χ2v) is 0.939. The first-order valence-electron chi connectivity index (χ1n) is 2.18. The van der Waals surface area contributed by atoms with Crippen LogP contribution in [-0.2, 0) is 0 Å². The number of nitro groups is 1. The van der Waals surface area contributed by atoms with Crippen LogP contribution in [0.4, 0.5) is 0 Å². The molecular weight excluding hydrogens is 118 g/mol. The van der Waals surface area contributed by atoms with Gasteiger partial charge in [-0.3, -0.25) is 10.1 Å². The van der Waals surface area contributed by atoms with Crippen LogP contribution in [0.2, 0.25) is 0 Å². The van der Waals surface area contributed by atoms with Crippen molar-refractivity contribution in [1.29, 1.82) is 0 Å². The largest absolute Gasteiger partial charge is 0.259 e. The second kappa shape index (κ2) is 9.80. The van der Waals surface area contributed by atoms with Crippen molar-refractivity contribution in [3.05, 3.63) is 48.2 Å². The fourth-order valence-electron chi connectivity index (χ4n) is 0. The number of hydrogen-bond donors (Lipinski definition) is 0. The van der Waals surface area contributed by atoms with E-state index in [1.165, 1.54) is 0 Å². The summed E-state index contributed by atoms with van der Waals surface area (Å²) in [6.07, 6.45) is 3.92. The summed E-state index contributed by atoms with van der Waals surface area (Å²) in [5, 5.41) is 9.06. The average molecular weight is 127 g/mol. The molecule has 0 spiro atoms. The summed E-state index contributed by atoms with van der Waals surface area (Å²) in [4.78, 5) is 8.44. The molecule has 0 N–H and O–H groups in total. The van der Waals surface area contributed by atoms with Crippen LogP contribution in [-0.4, -0.2) is 4.92 Å². The van der Waals surface area contributed by atoms with Gasteiger partial charge in [0.25, 0.3) is 0 Å². The summed E-state index contributed by atoms with van der Waals surface area (Å²) < 4.78 is 0. The Balaban J connectivity index is 0. The van der Waals surface area contributed by atoms with Crippen LogP contribution < -0.4 is 0 Å². The van der Waals surface area contributed by atoms with Gasteiger partial charge in [-0.05, 0) is 6.58 Å². The van der Waals surface area contributed by atoms with Crippen LogP contribution >= 0.6 is 0 Å². The topological polar surface area (TPSA) is 43.1 Å². The Labute approximate surface area is 54.2 Å². The molecule has 0 rings (SSSR count). The van der Waals surface area contributed by atoms with Crippen molar-refractivity contribution < 1.29 is 4.92 Å². The third-order valence-electron chi connectivity index (χ3n) is 0.316. The lowest BCUT2D eigenvalue weighted by Crippen LogP contribution is -1.77. The summed E-state index contributed by atoms with van der Waals surface area (Å²) in [5.74, 6) is 0. The molecule has 0 aliphatic rings. The first-order valence-corrected chi connectivity index (χ1v) is 2.18. The van der Waals surface area contributed by atoms with Gasteiger partial charge in [0, 0.05) is 0 Å². The quantitative estimate of drug-likeness (QED) is 0.322. The third-order valence-corrected chi connectivity index (χ3v) is 0.316. The average Bonchev–Trinajstić information content (AvgIpc) is 1.89. The number of hydrogen-bond acceptors (Lipinski definition) is 2. The molecule has 0 unspecified atom stereocenters. The minimum atomic E-state index is -0.611. The predicted octanol–water partition coefficient (Wildman–Crippen LogP) is 1.76. The van der Waals surface area contributed by atoms with Gasteiger partial charge in [-0.1, -0.05) is 25.3 Å². The molecule has 0 atom stereocenters. The van der Waals surface area contributed by atoms with Gasteiger partial charge in [0.1, 0.15) is 0 Å². The Morgan fingerprint density at radius 1 is 1.22 bits per heavy atom. The van der Waals surface area contributed by atoms with Gasteiger partial charge in [0.2, 0.25) is 6.20 Å². The lowest BCUT2D eigenvalue weighted by Gasteiger charge is -1.65. The van der Waals surface area contributed by atoms with Gasteiger partial charge in [-0.15, -0.1) is 0 Å². The van der Waals surface area contributed by atoms with Crippen molar-refractivity contribution in [2.75, 3.05) is 0 Å². The Bertz CT molecular complexity index is 112. The van der Waals surface area contributed by atoms with E-state index in [1.54, 1.807) is 12.2 Å². The lowest BCUT2D eigenvalue weighted by atomic mass is 10.6. The van der Waals surface area contributed by atoms with E-state index >= 15 is 0 Å². The SMILES string of the molecule is C=CC=C.C=C[N+](=O)[O-]. The number of nitrogens with zero attached hydrogens (tertiary/aromatic N) is 1. The van der Waals surface area contributed by atoms with E-state index in [0.717, 1.165) is 0 Å². The fraction of sp³-hybridized carbons (Fsp3) is 0. The zero-order chi connectivity index (χ0) is 7.70. The first-order chi connectivity index (χ1) is 4.18. The molecule has 0 fully saturated rings. The summed E-state index contributed by atoms with van der Waals surface area (Å²) in [6.45, 7) is 9.58. The van der Waals surface area contributed by atoms with Crippen molar-refractivity contribution in [2.24, 2.45) is 0 Å². The highest BCUT2D eigenvalue weighted by molar-refractivity contribution is 4.88. The van der Waals surface area contributed by atoms with Gasteiger partial charge < -0.3 is 0 Å². The molecule has 0 aliphatic heterocycles. The highest BCUT2D eigenvalue weighted by Gasteiger charge is 1.69. The van der Waals surface area contributed by atoms with Crippen LogP contribution in [0.15, 0.2) is 38.1 Å². The van der Waals surface area contributed by atoms with E-state index in [9.17, 15) is 0 Å². The summed E-state index contributed by atoms with van der Waals surface area (Å²) in [5.41, 5.74) is 0. The van der Waals surface area contributed by atoms with Gasteiger partial charge in [0.15, 0.2) is 0 Å². The summed E-state index contributed by atoms with van der Waals surface area (Å²) in [7, 11) is 0. The van der Waals surface area contributed by atoms with Crippen molar-refractivity contribution >= 4 is 0 Å². The second-order valence-electron chi connectivity index (χ2n) is 0.939. The van der Waals surface area contributed by atoms with Crippen molar-refractivity contribution in [1.82, 2.24) is 0 Å². The fourth-order valence-corrected chi connectivity index (χ4v) is 0. The zero-order valence-corrected chi connectivity index (χ0v) is 5.12. The van der Waals surface area contributed by atoms with Crippen molar-refractivity contribution in [2.45, 2.75) is 0 Å². The molecule has 0 aliphatic carbocycles. The van der Waals surface area contributed by atoms with E-state index in [0.29, 0.717) is 6.20 Å². The molecule has 3 nitrogen and oxygen atoms in total.